The molecule has 0 aromatic rings. The van der Waals surface area contributed by atoms with Gasteiger partial charge in [-0.2, -0.15) is 12.6 Å². The minimum atomic E-state index is -0.289. The number of rotatable bonds is 5. The zero-order chi connectivity index (χ0) is 18.1. The van der Waals surface area contributed by atoms with E-state index in [0.29, 0.717) is 24.8 Å². The molecule has 1 aliphatic carbocycles. The van der Waals surface area contributed by atoms with Crippen LogP contribution in [0.3, 0.4) is 0 Å². The molecule has 0 amide bonds. The highest BCUT2D eigenvalue weighted by atomic mass is 32.1. The van der Waals surface area contributed by atoms with Crippen LogP contribution in [0.4, 0.5) is 0 Å². The molecule has 23 heavy (non-hydrogen) atoms. The number of allylic oxidation sites excluding steroid dienone is 2. The van der Waals surface area contributed by atoms with Crippen molar-refractivity contribution < 1.29 is 9.90 Å². The zero-order valence-electron chi connectivity index (χ0n) is 15.8. The molecule has 1 rings (SSSR count). The van der Waals surface area contributed by atoms with Gasteiger partial charge in [0.2, 0.25) is 0 Å². The first-order valence-corrected chi connectivity index (χ1v) is 9.05. The summed E-state index contributed by atoms with van der Waals surface area (Å²) >= 11 is 4.31. The largest absolute Gasteiger partial charge is 0.511 e. The maximum atomic E-state index is 12.7. The number of hydrogen-bond donors (Lipinski definition) is 2. The zero-order valence-corrected chi connectivity index (χ0v) is 16.7. The molecule has 0 aliphatic heterocycles. The van der Waals surface area contributed by atoms with E-state index in [0.717, 1.165) is 17.9 Å². The number of aliphatic hydroxyl groups excluding tert-OH is 1. The van der Waals surface area contributed by atoms with Gasteiger partial charge in [-0.3, -0.25) is 9.79 Å². The monoisotopic (exact) mass is 339 g/mol. The third-order valence-electron chi connectivity index (χ3n) is 4.00. The third-order valence-corrected chi connectivity index (χ3v) is 4.22. The van der Waals surface area contributed by atoms with E-state index in [4.69, 9.17) is 4.99 Å². The Bertz CT molecular complexity index is 522. The Balaban J connectivity index is 3.35. The third kappa shape index (κ3) is 6.33. The van der Waals surface area contributed by atoms with Crippen molar-refractivity contribution in [1.82, 2.24) is 0 Å². The topological polar surface area (TPSA) is 49.7 Å². The van der Waals surface area contributed by atoms with Crippen molar-refractivity contribution in [2.75, 3.05) is 5.75 Å². The Labute approximate surface area is 147 Å². The summed E-state index contributed by atoms with van der Waals surface area (Å²) in [6, 6.07) is 0. The average Bonchev–Trinajstić information content (AvgIpc) is 2.21. The van der Waals surface area contributed by atoms with Crippen LogP contribution < -0.4 is 0 Å². The van der Waals surface area contributed by atoms with Crippen LogP contribution in [0.5, 0.6) is 0 Å². The van der Waals surface area contributed by atoms with Crippen LogP contribution in [-0.2, 0) is 4.79 Å². The second-order valence-electron chi connectivity index (χ2n) is 9.34. The van der Waals surface area contributed by atoms with Crippen molar-refractivity contribution in [3.05, 3.63) is 11.3 Å². The maximum Gasteiger partial charge on any atom is 0.168 e. The van der Waals surface area contributed by atoms with E-state index in [1.54, 1.807) is 0 Å². The summed E-state index contributed by atoms with van der Waals surface area (Å²) in [5, 5.41) is 10.5. The van der Waals surface area contributed by atoms with Crippen LogP contribution in [0, 0.1) is 10.8 Å². The summed E-state index contributed by atoms with van der Waals surface area (Å²) in [5.74, 6) is 0.963. The lowest BCUT2D eigenvalue weighted by atomic mass is 9.74. The quantitative estimate of drug-likeness (QED) is 0.536. The van der Waals surface area contributed by atoms with Gasteiger partial charge in [-0.05, 0) is 43.3 Å². The molecule has 0 atom stereocenters. The maximum absolute atomic E-state index is 12.7. The summed E-state index contributed by atoms with van der Waals surface area (Å²) in [4.78, 5) is 17.6. The molecule has 132 valence electrons. The van der Waals surface area contributed by atoms with Gasteiger partial charge in [0, 0.05) is 12.8 Å². The molecule has 4 heteroatoms. The number of nitrogens with zero attached hydrogens (tertiary/aromatic N) is 1. The fraction of sp³-hybridized carbons (Fsp3) is 0.789. The lowest BCUT2D eigenvalue weighted by Gasteiger charge is -2.32. The molecule has 0 spiro atoms. The second kappa shape index (κ2) is 7.00. The number of Topliss-reactive ketones (excluding diaryl/α,β-unsaturated/α-hetero) is 1. The van der Waals surface area contributed by atoms with Gasteiger partial charge in [0.05, 0.1) is 16.8 Å². The molecule has 0 fully saturated rings. The number of carbonyl (C=O) groups is 1. The van der Waals surface area contributed by atoms with E-state index >= 15 is 0 Å². The van der Waals surface area contributed by atoms with Gasteiger partial charge in [0.25, 0.3) is 0 Å². The molecule has 0 aromatic carbocycles. The van der Waals surface area contributed by atoms with Crippen molar-refractivity contribution in [2.45, 2.75) is 79.7 Å². The number of carbonyl (C=O) groups excluding carboxylic acids is 1. The van der Waals surface area contributed by atoms with Crippen LogP contribution >= 0.6 is 12.6 Å². The SMILES string of the molecule is CC(C)(C)CC(=NC(C)(C)CCS)C1=C(O)CC(C)(C)CC1=O. The fourth-order valence-corrected chi connectivity index (χ4v) is 3.54. The molecular formula is C19H33NO2S. The van der Waals surface area contributed by atoms with Gasteiger partial charge in [0.1, 0.15) is 5.76 Å². The van der Waals surface area contributed by atoms with Crippen molar-refractivity contribution in [1.29, 1.82) is 0 Å². The van der Waals surface area contributed by atoms with Gasteiger partial charge in [0.15, 0.2) is 5.78 Å². The van der Waals surface area contributed by atoms with E-state index in [-0.39, 0.29) is 27.9 Å². The smallest absolute Gasteiger partial charge is 0.168 e. The van der Waals surface area contributed by atoms with E-state index in [2.05, 4.69) is 47.2 Å². The number of ketones is 1. The first-order chi connectivity index (χ1) is 10.3. The van der Waals surface area contributed by atoms with E-state index in [9.17, 15) is 9.90 Å². The molecule has 3 nitrogen and oxygen atoms in total. The Hall–Kier alpha value is -0.770. The minimum Gasteiger partial charge on any atom is -0.511 e. The minimum absolute atomic E-state index is 0.00357. The summed E-state index contributed by atoms with van der Waals surface area (Å²) < 4.78 is 0. The average molecular weight is 340 g/mol. The molecule has 0 saturated carbocycles. The Morgan fingerprint density at radius 3 is 2.22 bits per heavy atom. The van der Waals surface area contributed by atoms with Crippen molar-refractivity contribution in [2.24, 2.45) is 15.8 Å². The summed E-state index contributed by atoms with van der Waals surface area (Å²) in [7, 11) is 0. The molecule has 0 unspecified atom stereocenters. The van der Waals surface area contributed by atoms with Crippen molar-refractivity contribution in [3.63, 3.8) is 0 Å². The van der Waals surface area contributed by atoms with Crippen molar-refractivity contribution >= 4 is 24.1 Å². The van der Waals surface area contributed by atoms with Gasteiger partial charge in [-0.1, -0.05) is 34.6 Å². The fourth-order valence-electron chi connectivity index (χ4n) is 3.00. The number of aliphatic imine (C=N–C) groups is 1. The predicted molar refractivity (Wildman–Crippen MR) is 102 cm³/mol. The van der Waals surface area contributed by atoms with Crippen LogP contribution in [0.2, 0.25) is 0 Å². The first kappa shape index (κ1) is 20.3. The van der Waals surface area contributed by atoms with Crippen molar-refractivity contribution in [3.8, 4) is 0 Å². The molecule has 0 aromatic heterocycles. The highest BCUT2D eigenvalue weighted by Gasteiger charge is 2.36. The normalized spacial score (nSPS) is 20.2. The number of aliphatic hydroxyl groups is 1. The van der Waals surface area contributed by atoms with Crippen LogP contribution in [0.1, 0.15) is 74.1 Å². The van der Waals surface area contributed by atoms with Gasteiger partial charge >= 0.3 is 0 Å². The summed E-state index contributed by atoms with van der Waals surface area (Å²) in [6.07, 6.45) is 2.50. The highest BCUT2D eigenvalue weighted by molar-refractivity contribution is 7.80. The highest BCUT2D eigenvalue weighted by Crippen LogP contribution is 2.38. The van der Waals surface area contributed by atoms with E-state index in [1.165, 1.54) is 0 Å². The number of hydrogen-bond acceptors (Lipinski definition) is 4. The Morgan fingerprint density at radius 2 is 1.78 bits per heavy atom. The molecule has 0 radical (unpaired) electrons. The Kier molecular flexibility index (Phi) is 6.17. The van der Waals surface area contributed by atoms with Crippen LogP contribution in [0.15, 0.2) is 16.3 Å². The van der Waals surface area contributed by atoms with Gasteiger partial charge in [-0.25, -0.2) is 0 Å². The first-order valence-electron chi connectivity index (χ1n) is 8.42. The summed E-state index contributed by atoms with van der Waals surface area (Å²) in [5.41, 5.74) is 0.742. The second-order valence-corrected chi connectivity index (χ2v) is 9.79. The molecule has 0 heterocycles. The molecule has 0 saturated heterocycles. The molecule has 0 bridgehead atoms. The number of thiol groups is 1. The predicted octanol–water partition coefficient (Wildman–Crippen LogP) is 5.16. The summed E-state index contributed by atoms with van der Waals surface area (Å²) in [6.45, 7) is 14.5. The lowest BCUT2D eigenvalue weighted by molar-refractivity contribution is -0.118. The van der Waals surface area contributed by atoms with Gasteiger partial charge in [-0.15, -0.1) is 0 Å². The molecular weight excluding hydrogens is 306 g/mol. The van der Waals surface area contributed by atoms with Gasteiger partial charge < -0.3 is 5.11 Å². The molecule has 1 aliphatic rings. The standard InChI is InChI=1S/C19H33NO2S/c1-17(2,3)10-13(20-19(6,7)8-9-23)16-14(21)11-18(4,5)12-15(16)22/h21,23H,8-12H2,1-7H3. The van der Waals surface area contributed by atoms with Crippen LogP contribution in [-0.4, -0.2) is 27.9 Å². The van der Waals surface area contributed by atoms with E-state index in [1.807, 2.05) is 13.8 Å². The molecule has 1 N–H and O–H groups in total. The van der Waals surface area contributed by atoms with E-state index < -0.39 is 0 Å². The lowest BCUT2D eigenvalue weighted by Crippen LogP contribution is -2.32. The van der Waals surface area contributed by atoms with Crippen LogP contribution in [0.25, 0.3) is 0 Å². The Morgan fingerprint density at radius 1 is 1.22 bits per heavy atom.